The fourth-order valence-corrected chi connectivity index (χ4v) is 0.913. The Balaban J connectivity index is 0. The normalized spacial score (nSPS) is 18.5. The quantitative estimate of drug-likeness (QED) is 0.600. The first-order valence-corrected chi connectivity index (χ1v) is 4.25. The minimum atomic E-state index is -5.31. The molecule has 0 aliphatic rings. The molecule has 0 aliphatic carbocycles. The molecule has 0 amide bonds. The second-order valence-electron chi connectivity index (χ2n) is 1.98. The maximum Gasteiger partial charge on any atom is 0.300 e. The Labute approximate surface area is 78.3 Å². The fraction of sp³-hybridized carbons (Fsp3) is 1.00. The Morgan fingerprint density at radius 2 is 1.62 bits per heavy atom. The molecule has 0 bridgehead atoms. The Kier molecular flexibility index (Phi) is 6.64. The van der Waals surface area contributed by atoms with E-state index in [-0.39, 0.29) is 12.4 Å². The summed E-state index contributed by atoms with van der Waals surface area (Å²) in [6.45, 7) is -1.85. The van der Waals surface area contributed by atoms with Gasteiger partial charge in [-0.3, -0.25) is 4.55 Å². The first-order chi connectivity index (χ1) is 5.30. The van der Waals surface area contributed by atoms with Gasteiger partial charge in [0.25, 0.3) is 5.50 Å². The highest BCUT2D eigenvalue weighted by Crippen LogP contribution is 2.16. The molecule has 0 saturated heterocycles. The number of alkyl halides is 4. The van der Waals surface area contributed by atoms with Crippen LogP contribution in [0.25, 0.3) is 0 Å². The van der Waals surface area contributed by atoms with E-state index >= 15 is 0 Å². The van der Waals surface area contributed by atoms with Crippen molar-refractivity contribution in [2.75, 3.05) is 6.67 Å². The van der Waals surface area contributed by atoms with Crippen LogP contribution in [0.2, 0.25) is 0 Å². The van der Waals surface area contributed by atoms with E-state index in [0.29, 0.717) is 0 Å². The van der Waals surface area contributed by atoms with Crippen LogP contribution >= 0.6 is 12.4 Å². The molecule has 0 fully saturated rings. The SMILES string of the molecule is Cl.O=S(=O)(O)C(F)C(F)C(F)CF. The Morgan fingerprint density at radius 1 is 1.23 bits per heavy atom. The van der Waals surface area contributed by atoms with E-state index in [2.05, 4.69) is 0 Å². The third-order valence-electron chi connectivity index (χ3n) is 1.03. The van der Waals surface area contributed by atoms with Crippen molar-refractivity contribution >= 4 is 22.5 Å². The number of hydrogen-bond donors (Lipinski definition) is 1. The summed E-state index contributed by atoms with van der Waals surface area (Å²) in [5.74, 6) is 0. The van der Waals surface area contributed by atoms with E-state index in [0.717, 1.165) is 0 Å². The van der Waals surface area contributed by atoms with Gasteiger partial charge in [0.05, 0.1) is 0 Å². The zero-order valence-electron chi connectivity index (χ0n) is 6.03. The van der Waals surface area contributed by atoms with Crippen molar-refractivity contribution in [1.82, 2.24) is 0 Å². The van der Waals surface area contributed by atoms with Crippen molar-refractivity contribution in [3.8, 4) is 0 Å². The molecular formula is C4H7ClF4O3S. The van der Waals surface area contributed by atoms with Crippen LogP contribution in [0.3, 0.4) is 0 Å². The third kappa shape index (κ3) is 4.63. The maximum absolute atomic E-state index is 12.2. The molecule has 0 rings (SSSR count). The maximum atomic E-state index is 12.2. The monoisotopic (exact) mass is 246 g/mol. The van der Waals surface area contributed by atoms with Crippen molar-refractivity contribution in [3.05, 3.63) is 0 Å². The zero-order chi connectivity index (χ0) is 9.94. The summed E-state index contributed by atoms with van der Waals surface area (Å²) in [4.78, 5) is 0. The van der Waals surface area contributed by atoms with Crippen molar-refractivity contribution in [2.45, 2.75) is 17.8 Å². The molecule has 3 nitrogen and oxygen atoms in total. The minimum Gasteiger partial charge on any atom is -0.283 e. The van der Waals surface area contributed by atoms with Crippen LogP contribution in [0.5, 0.6) is 0 Å². The molecule has 0 radical (unpaired) electrons. The number of rotatable bonds is 4. The predicted molar refractivity (Wildman–Crippen MR) is 39.5 cm³/mol. The average molecular weight is 247 g/mol. The number of hydrogen-bond acceptors (Lipinski definition) is 2. The zero-order valence-corrected chi connectivity index (χ0v) is 7.66. The van der Waals surface area contributed by atoms with Crippen LogP contribution in [0.15, 0.2) is 0 Å². The molecule has 3 unspecified atom stereocenters. The lowest BCUT2D eigenvalue weighted by molar-refractivity contribution is 0.0948. The molecule has 0 heterocycles. The van der Waals surface area contributed by atoms with E-state index in [1.165, 1.54) is 0 Å². The average Bonchev–Trinajstić information content (AvgIpc) is 1.98. The summed E-state index contributed by atoms with van der Waals surface area (Å²) in [6.07, 6.45) is -6.09. The van der Waals surface area contributed by atoms with Crippen LogP contribution in [0, 0.1) is 0 Å². The van der Waals surface area contributed by atoms with Gasteiger partial charge < -0.3 is 0 Å². The lowest BCUT2D eigenvalue weighted by atomic mass is 10.3. The second-order valence-corrected chi connectivity index (χ2v) is 3.46. The van der Waals surface area contributed by atoms with Gasteiger partial charge >= 0.3 is 10.1 Å². The van der Waals surface area contributed by atoms with Crippen LogP contribution < -0.4 is 0 Å². The first-order valence-electron chi connectivity index (χ1n) is 2.75. The van der Waals surface area contributed by atoms with Crippen molar-refractivity contribution in [3.63, 3.8) is 0 Å². The summed E-state index contributed by atoms with van der Waals surface area (Å²) >= 11 is 0. The lowest BCUT2D eigenvalue weighted by Gasteiger charge is -2.12. The van der Waals surface area contributed by atoms with Gasteiger partial charge in [0.1, 0.15) is 6.67 Å². The van der Waals surface area contributed by atoms with Gasteiger partial charge in [0, 0.05) is 0 Å². The van der Waals surface area contributed by atoms with Crippen LogP contribution in [0.4, 0.5) is 17.6 Å². The Bertz CT molecular complexity index is 234. The highest BCUT2D eigenvalue weighted by Gasteiger charge is 2.38. The van der Waals surface area contributed by atoms with E-state index < -0.39 is 34.6 Å². The topological polar surface area (TPSA) is 54.4 Å². The van der Waals surface area contributed by atoms with Gasteiger partial charge in [-0.15, -0.1) is 12.4 Å². The molecular weight excluding hydrogens is 240 g/mol. The third-order valence-corrected chi connectivity index (χ3v) is 1.86. The Hall–Kier alpha value is -0.0800. The highest BCUT2D eigenvalue weighted by atomic mass is 35.5. The van der Waals surface area contributed by atoms with Crippen LogP contribution in [0.1, 0.15) is 0 Å². The fourth-order valence-electron chi connectivity index (χ4n) is 0.414. The van der Waals surface area contributed by atoms with Gasteiger partial charge in [-0.05, 0) is 0 Å². The van der Waals surface area contributed by atoms with Gasteiger partial charge in [-0.2, -0.15) is 8.42 Å². The molecule has 0 saturated carbocycles. The van der Waals surface area contributed by atoms with Crippen molar-refractivity contribution in [2.24, 2.45) is 0 Å². The molecule has 0 aromatic rings. The Morgan fingerprint density at radius 3 is 1.85 bits per heavy atom. The number of halogens is 5. The molecule has 0 aliphatic heterocycles. The lowest BCUT2D eigenvalue weighted by Crippen LogP contribution is -2.34. The summed E-state index contributed by atoms with van der Waals surface area (Å²) in [7, 11) is -5.31. The molecule has 13 heavy (non-hydrogen) atoms. The first kappa shape index (κ1) is 15.4. The van der Waals surface area contributed by atoms with E-state index in [1.807, 2.05) is 0 Å². The molecule has 0 aromatic heterocycles. The van der Waals surface area contributed by atoms with E-state index in [4.69, 9.17) is 4.55 Å². The van der Waals surface area contributed by atoms with Crippen molar-refractivity contribution in [1.29, 1.82) is 0 Å². The highest BCUT2D eigenvalue weighted by molar-refractivity contribution is 7.86. The van der Waals surface area contributed by atoms with E-state index in [9.17, 15) is 26.0 Å². The largest absolute Gasteiger partial charge is 0.300 e. The molecule has 1 N–H and O–H groups in total. The smallest absolute Gasteiger partial charge is 0.283 e. The summed E-state index contributed by atoms with van der Waals surface area (Å²) < 4.78 is 75.1. The summed E-state index contributed by atoms with van der Waals surface area (Å²) in [5.41, 5.74) is -3.44. The van der Waals surface area contributed by atoms with Crippen LogP contribution in [-0.4, -0.2) is 37.5 Å². The second kappa shape index (κ2) is 5.61. The molecule has 9 heteroatoms. The molecule has 0 aromatic carbocycles. The van der Waals surface area contributed by atoms with Crippen molar-refractivity contribution < 1.29 is 30.5 Å². The molecule has 0 spiro atoms. The van der Waals surface area contributed by atoms with Gasteiger partial charge in [-0.25, -0.2) is 17.6 Å². The van der Waals surface area contributed by atoms with Gasteiger partial charge in [0.15, 0.2) is 12.3 Å². The standard InChI is InChI=1S/C4H6F4O3S.ClH/c5-1-2(6)3(7)4(8)12(9,10)11;/h2-4H,1H2,(H,9,10,11);1H. The minimum absolute atomic E-state index is 0. The molecule has 82 valence electrons. The van der Waals surface area contributed by atoms with Gasteiger partial charge in [0.2, 0.25) is 0 Å². The summed E-state index contributed by atoms with van der Waals surface area (Å²) in [5, 5.41) is 0. The van der Waals surface area contributed by atoms with Gasteiger partial charge in [-0.1, -0.05) is 0 Å². The van der Waals surface area contributed by atoms with E-state index in [1.54, 1.807) is 0 Å². The predicted octanol–water partition coefficient (Wildman–Crippen LogP) is 1.24. The van der Waals surface area contributed by atoms with Crippen LogP contribution in [-0.2, 0) is 10.1 Å². The summed E-state index contributed by atoms with van der Waals surface area (Å²) in [6, 6.07) is 0. The molecule has 3 atom stereocenters.